The summed E-state index contributed by atoms with van der Waals surface area (Å²) in [5.41, 5.74) is 0.150. The summed E-state index contributed by atoms with van der Waals surface area (Å²) in [7, 11) is 0. The van der Waals surface area contributed by atoms with E-state index in [1.807, 2.05) is 0 Å². The van der Waals surface area contributed by atoms with E-state index < -0.39 is 0 Å². The molecule has 0 aromatic heterocycles. The molecule has 0 radical (unpaired) electrons. The van der Waals surface area contributed by atoms with Crippen LogP contribution in [0.2, 0.25) is 0 Å². The molecule has 7 heteroatoms. The Morgan fingerprint density at radius 2 is 1.59 bits per heavy atom. The zero-order valence-electron chi connectivity index (χ0n) is 20.5. The maximum absolute atomic E-state index is 12.8. The lowest BCUT2D eigenvalue weighted by Gasteiger charge is -2.48. The molecule has 4 fully saturated rings. The van der Waals surface area contributed by atoms with Crippen LogP contribution in [0.15, 0.2) is 0 Å². The molecule has 1 amide bonds. The van der Waals surface area contributed by atoms with Gasteiger partial charge in [0.2, 0.25) is 5.91 Å². The third-order valence-electron chi connectivity index (χ3n) is 8.17. The van der Waals surface area contributed by atoms with Gasteiger partial charge < -0.3 is 14.8 Å². The fourth-order valence-electron chi connectivity index (χ4n) is 6.50. The lowest BCUT2D eigenvalue weighted by Crippen LogP contribution is -2.60. The van der Waals surface area contributed by atoms with Crippen LogP contribution in [-0.4, -0.2) is 110 Å². The highest BCUT2D eigenvalue weighted by molar-refractivity contribution is 5.78. The number of carbonyl (C=O) groups excluding carboxylic acids is 1. The van der Waals surface area contributed by atoms with E-state index in [2.05, 4.69) is 33.9 Å². The number of carbonyl (C=O) groups is 1. The van der Waals surface area contributed by atoms with Crippen LogP contribution in [0.4, 0.5) is 0 Å². The number of piperidine rings is 1. The topological polar surface area (TPSA) is 57.3 Å². The highest BCUT2D eigenvalue weighted by atomic mass is 16.5. The Bertz CT molecular complexity index is 574. The number of ether oxygens (including phenoxy) is 2. The molecule has 1 N–H and O–H groups in total. The molecular weight excluding hydrogens is 404 g/mol. The molecule has 2 unspecified atom stereocenters. The number of hydrogen-bond donors (Lipinski definition) is 1. The van der Waals surface area contributed by atoms with Crippen molar-refractivity contribution >= 4 is 5.91 Å². The van der Waals surface area contributed by atoms with Gasteiger partial charge in [0.05, 0.1) is 32.0 Å². The van der Waals surface area contributed by atoms with Gasteiger partial charge in [0.25, 0.3) is 0 Å². The van der Waals surface area contributed by atoms with Crippen molar-refractivity contribution in [3.8, 4) is 0 Å². The lowest BCUT2D eigenvalue weighted by atomic mass is 9.79. The summed E-state index contributed by atoms with van der Waals surface area (Å²) >= 11 is 0. The van der Waals surface area contributed by atoms with Crippen LogP contribution in [0.3, 0.4) is 0 Å². The van der Waals surface area contributed by atoms with E-state index in [9.17, 15) is 4.79 Å². The Morgan fingerprint density at radius 1 is 0.938 bits per heavy atom. The highest BCUT2D eigenvalue weighted by Crippen LogP contribution is 2.34. The summed E-state index contributed by atoms with van der Waals surface area (Å²) in [6.07, 6.45) is 9.38. The van der Waals surface area contributed by atoms with Gasteiger partial charge in [-0.2, -0.15) is 0 Å². The van der Waals surface area contributed by atoms with E-state index in [-0.39, 0.29) is 11.4 Å². The van der Waals surface area contributed by atoms with Crippen LogP contribution in [0, 0.1) is 5.92 Å². The van der Waals surface area contributed by atoms with Crippen molar-refractivity contribution in [2.24, 2.45) is 5.92 Å². The second kappa shape index (κ2) is 11.6. The maximum atomic E-state index is 12.8. The van der Waals surface area contributed by atoms with Crippen LogP contribution >= 0.6 is 0 Å². The molecule has 4 aliphatic rings. The monoisotopic (exact) mass is 450 g/mol. The molecule has 0 aromatic carbocycles. The number of likely N-dealkylation sites (tertiary alicyclic amines) is 1. The molecule has 0 spiro atoms. The number of hydrogen-bond acceptors (Lipinski definition) is 6. The van der Waals surface area contributed by atoms with E-state index in [1.165, 1.54) is 51.5 Å². The minimum Gasteiger partial charge on any atom is -0.379 e. The van der Waals surface area contributed by atoms with Crippen molar-refractivity contribution in [1.29, 1.82) is 0 Å². The molecular formula is C25H46N4O3. The Kier molecular flexibility index (Phi) is 8.85. The Morgan fingerprint density at radius 3 is 2.25 bits per heavy atom. The summed E-state index contributed by atoms with van der Waals surface area (Å²) in [5.74, 6) is 0.955. The van der Waals surface area contributed by atoms with Crippen molar-refractivity contribution in [3.63, 3.8) is 0 Å². The van der Waals surface area contributed by atoms with Crippen molar-refractivity contribution in [2.75, 3.05) is 72.1 Å². The smallest absolute Gasteiger partial charge is 0.234 e. The molecule has 1 aliphatic carbocycles. The first-order valence-corrected chi connectivity index (χ1v) is 13.2. The number of nitrogens with one attached hydrogen (secondary N) is 1. The summed E-state index contributed by atoms with van der Waals surface area (Å²) in [6, 6.07) is 0. The number of morpholine rings is 2. The number of amides is 1. The van der Waals surface area contributed by atoms with Crippen LogP contribution < -0.4 is 5.32 Å². The SMILES string of the molecule is CC1CN(CC2CCN(CC(=O)NCC3(N4CCOCC4)CCCCC3)CC2)CC(C)O1. The lowest BCUT2D eigenvalue weighted by molar-refractivity contribution is -0.124. The van der Waals surface area contributed by atoms with E-state index in [1.54, 1.807) is 0 Å². The average Bonchev–Trinajstić information content (AvgIpc) is 2.80. The Labute approximate surface area is 195 Å². The normalized spacial score (nSPS) is 31.4. The van der Waals surface area contributed by atoms with Crippen molar-refractivity contribution in [3.05, 3.63) is 0 Å². The van der Waals surface area contributed by atoms with E-state index >= 15 is 0 Å². The molecule has 7 nitrogen and oxygen atoms in total. The predicted octanol–water partition coefficient (Wildman–Crippen LogP) is 1.96. The highest BCUT2D eigenvalue weighted by Gasteiger charge is 2.39. The van der Waals surface area contributed by atoms with Gasteiger partial charge in [0.1, 0.15) is 0 Å². The summed E-state index contributed by atoms with van der Waals surface area (Å²) in [6.45, 7) is 14.8. The van der Waals surface area contributed by atoms with Crippen molar-refractivity contribution in [1.82, 2.24) is 20.0 Å². The van der Waals surface area contributed by atoms with Gasteiger partial charge >= 0.3 is 0 Å². The Hall–Kier alpha value is -0.730. The zero-order valence-corrected chi connectivity index (χ0v) is 20.5. The van der Waals surface area contributed by atoms with Crippen LogP contribution in [0.5, 0.6) is 0 Å². The fourth-order valence-corrected chi connectivity index (χ4v) is 6.50. The molecule has 1 saturated carbocycles. The van der Waals surface area contributed by atoms with E-state index in [0.717, 1.165) is 64.9 Å². The second-order valence-corrected chi connectivity index (χ2v) is 10.9. The molecule has 2 atom stereocenters. The second-order valence-electron chi connectivity index (χ2n) is 10.9. The van der Waals surface area contributed by atoms with Crippen LogP contribution in [0.1, 0.15) is 58.8 Å². The number of rotatable bonds is 7. The van der Waals surface area contributed by atoms with Crippen LogP contribution in [0.25, 0.3) is 0 Å². The third-order valence-corrected chi connectivity index (χ3v) is 8.17. The Balaban J connectivity index is 1.18. The molecule has 32 heavy (non-hydrogen) atoms. The molecule has 4 rings (SSSR count). The average molecular weight is 451 g/mol. The van der Waals surface area contributed by atoms with Crippen LogP contribution in [-0.2, 0) is 14.3 Å². The first-order valence-electron chi connectivity index (χ1n) is 13.2. The van der Waals surface area contributed by atoms with E-state index in [4.69, 9.17) is 9.47 Å². The standard InChI is InChI=1S/C25H46N4O3/c1-21-16-28(17-22(2)32-21)18-23-6-10-27(11-7-23)19-24(30)26-20-25(8-4-3-5-9-25)29-12-14-31-15-13-29/h21-23H,3-20H2,1-2H3,(H,26,30). The third kappa shape index (κ3) is 6.66. The fraction of sp³-hybridized carbons (Fsp3) is 0.960. The van der Waals surface area contributed by atoms with Gasteiger partial charge in [0.15, 0.2) is 0 Å². The van der Waals surface area contributed by atoms with Gasteiger partial charge in [0, 0.05) is 44.8 Å². The van der Waals surface area contributed by atoms with Crippen molar-refractivity contribution < 1.29 is 14.3 Å². The summed E-state index contributed by atoms with van der Waals surface area (Å²) in [5, 5.41) is 3.34. The molecule has 184 valence electrons. The van der Waals surface area contributed by atoms with Gasteiger partial charge in [-0.25, -0.2) is 0 Å². The molecule has 0 bridgehead atoms. The van der Waals surface area contributed by atoms with E-state index in [0.29, 0.717) is 18.8 Å². The summed E-state index contributed by atoms with van der Waals surface area (Å²) in [4.78, 5) is 20.4. The van der Waals surface area contributed by atoms with Gasteiger partial charge in [-0.05, 0) is 58.5 Å². The minimum atomic E-state index is 0.150. The number of nitrogens with zero attached hydrogens (tertiary/aromatic N) is 3. The van der Waals surface area contributed by atoms with Gasteiger partial charge in [-0.3, -0.25) is 19.5 Å². The minimum absolute atomic E-state index is 0.150. The quantitative estimate of drug-likeness (QED) is 0.640. The largest absolute Gasteiger partial charge is 0.379 e. The summed E-state index contributed by atoms with van der Waals surface area (Å²) < 4.78 is 11.5. The zero-order chi connectivity index (χ0) is 22.4. The van der Waals surface area contributed by atoms with Crippen molar-refractivity contribution in [2.45, 2.75) is 76.5 Å². The molecule has 3 aliphatic heterocycles. The first-order chi connectivity index (χ1) is 15.5. The molecule has 3 heterocycles. The molecule has 0 aromatic rings. The van der Waals surface area contributed by atoms with Gasteiger partial charge in [-0.15, -0.1) is 0 Å². The van der Waals surface area contributed by atoms with Gasteiger partial charge in [-0.1, -0.05) is 19.3 Å². The first kappa shape index (κ1) is 24.4. The molecule has 3 saturated heterocycles. The predicted molar refractivity (Wildman–Crippen MR) is 127 cm³/mol. The maximum Gasteiger partial charge on any atom is 0.234 e.